The molecule has 0 bridgehead atoms. The van der Waals surface area contributed by atoms with Crippen molar-refractivity contribution in [3.63, 3.8) is 0 Å². The van der Waals surface area contributed by atoms with Gasteiger partial charge in [-0.3, -0.25) is 0 Å². The van der Waals surface area contributed by atoms with E-state index in [0.717, 1.165) is 37.5 Å². The van der Waals surface area contributed by atoms with E-state index in [9.17, 15) is 5.11 Å². The molecule has 0 aromatic carbocycles. The van der Waals surface area contributed by atoms with E-state index in [-0.39, 0.29) is 17.3 Å². The van der Waals surface area contributed by atoms with E-state index in [2.05, 4.69) is 70.2 Å². The third-order valence-electron chi connectivity index (χ3n) is 10.3. The number of allylic oxidation sites excluding steroid dienone is 8. The molecule has 1 unspecified atom stereocenters. The standard InChI is InChI=1S/C7H14O.2C6H12O.4C6H10/c1-7(8-2)5-3-4-6-7;1-6(7)4-2-3-5-6;7-6-4-2-1-3-5-6;3*1-6-4-2-3-5-6;1-2-4-6-5-3-1/h3-6H2,1-2H3;7H,2-5H2,1H3;6-7H,1-5H2;4H,2-3,5H2,1H3;2,4,6H,3,5H2,1H3;2-3,6H,4-5H2,1H3;1-2H,3-6H2. The van der Waals surface area contributed by atoms with Crippen LogP contribution in [-0.4, -0.2) is 34.6 Å². The highest BCUT2D eigenvalue weighted by molar-refractivity contribution is 5.03. The topological polar surface area (TPSA) is 49.7 Å². The Morgan fingerprint density at radius 3 is 1.41 bits per heavy atom. The summed E-state index contributed by atoms with van der Waals surface area (Å²) in [4.78, 5) is 0. The van der Waals surface area contributed by atoms with Crippen LogP contribution < -0.4 is 0 Å². The smallest absolute Gasteiger partial charge is 0.0650 e. The number of hydrogen-bond acceptors (Lipinski definition) is 3. The van der Waals surface area contributed by atoms with Crippen molar-refractivity contribution in [3.05, 3.63) is 48.1 Å². The summed E-state index contributed by atoms with van der Waals surface area (Å²) in [5, 5.41) is 18.1. The maximum atomic E-state index is 9.19. The molecule has 3 heteroatoms. The van der Waals surface area contributed by atoms with Gasteiger partial charge in [0.05, 0.1) is 17.3 Å². The molecule has 3 fully saturated rings. The van der Waals surface area contributed by atoms with Crippen molar-refractivity contribution < 1.29 is 14.9 Å². The Morgan fingerprint density at radius 1 is 0.652 bits per heavy atom. The number of methoxy groups -OCH3 is 1. The van der Waals surface area contributed by atoms with Gasteiger partial charge in [-0.05, 0) is 142 Å². The second-order valence-electron chi connectivity index (χ2n) is 15.6. The number of aliphatic hydroxyl groups is 2. The summed E-state index contributed by atoms with van der Waals surface area (Å²) < 4.78 is 5.30. The zero-order chi connectivity index (χ0) is 33.9. The van der Waals surface area contributed by atoms with Crippen LogP contribution in [0.1, 0.15) is 189 Å². The maximum absolute atomic E-state index is 9.19. The van der Waals surface area contributed by atoms with Crippen molar-refractivity contribution in [2.45, 2.75) is 206 Å². The van der Waals surface area contributed by atoms with E-state index >= 15 is 0 Å². The van der Waals surface area contributed by atoms with Gasteiger partial charge in [0.1, 0.15) is 0 Å². The number of rotatable bonds is 1. The lowest BCUT2D eigenvalue weighted by Crippen LogP contribution is -2.21. The highest BCUT2D eigenvalue weighted by Gasteiger charge is 2.27. The molecule has 7 aliphatic rings. The monoisotopic (exact) mass is 643 g/mol. The van der Waals surface area contributed by atoms with Gasteiger partial charge in [-0.25, -0.2) is 0 Å². The first-order valence-corrected chi connectivity index (χ1v) is 19.6. The average Bonchev–Trinajstić information content (AvgIpc) is 3.92. The molecular formula is C43H78O3. The molecule has 3 nitrogen and oxygen atoms in total. The Kier molecular flexibility index (Phi) is 24.9. The average molecular weight is 643 g/mol. The SMILES string of the molecule is C1=CCCCC1.CC1(O)CCCC1.CC1=CCCC1.CC1C=CCC1.CC1CC=CC1.COC1(C)CCCC1.OC1CCCCC1. The third kappa shape index (κ3) is 24.9. The van der Waals surface area contributed by atoms with Crippen molar-refractivity contribution in [2.24, 2.45) is 11.8 Å². The molecule has 1 atom stereocenters. The molecule has 2 N–H and O–H groups in total. The van der Waals surface area contributed by atoms with Crippen LogP contribution in [0.15, 0.2) is 48.1 Å². The molecule has 0 aromatic heterocycles. The van der Waals surface area contributed by atoms with Crippen LogP contribution in [0.25, 0.3) is 0 Å². The van der Waals surface area contributed by atoms with Crippen LogP contribution >= 0.6 is 0 Å². The van der Waals surface area contributed by atoms with E-state index in [1.165, 1.54) is 128 Å². The van der Waals surface area contributed by atoms with Crippen LogP contribution in [0.5, 0.6) is 0 Å². The minimum atomic E-state index is -0.306. The lowest BCUT2D eigenvalue weighted by molar-refractivity contribution is 0.0126. The quantitative estimate of drug-likeness (QED) is 0.280. The Hall–Kier alpha value is -1.16. The predicted molar refractivity (Wildman–Crippen MR) is 202 cm³/mol. The van der Waals surface area contributed by atoms with Crippen molar-refractivity contribution >= 4 is 0 Å². The second-order valence-corrected chi connectivity index (χ2v) is 15.6. The third-order valence-corrected chi connectivity index (χ3v) is 10.3. The van der Waals surface area contributed by atoms with Gasteiger partial charge in [0.25, 0.3) is 0 Å². The molecule has 0 spiro atoms. The number of ether oxygens (including phenoxy) is 1. The first-order chi connectivity index (χ1) is 22.1. The fourth-order valence-corrected chi connectivity index (χ4v) is 6.67. The summed E-state index contributed by atoms with van der Waals surface area (Å²) in [7, 11) is 1.81. The summed E-state index contributed by atoms with van der Waals surface area (Å²) in [6.07, 6.45) is 46.3. The predicted octanol–water partition coefficient (Wildman–Crippen LogP) is 12.8. The zero-order valence-corrected chi connectivity index (χ0v) is 31.5. The van der Waals surface area contributed by atoms with Crippen LogP contribution in [0.2, 0.25) is 0 Å². The number of hydrogen-bond donors (Lipinski definition) is 2. The van der Waals surface area contributed by atoms with E-state index in [0.29, 0.717) is 0 Å². The van der Waals surface area contributed by atoms with Crippen molar-refractivity contribution in [1.82, 2.24) is 0 Å². The molecule has 0 aromatic rings. The van der Waals surface area contributed by atoms with Crippen molar-refractivity contribution in [1.29, 1.82) is 0 Å². The van der Waals surface area contributed by atoms with E-state index in [1.54, 1.807) is 5.57 Å². The van der Waals surface area contributed by atoms with Crippen molar-refractivity contribution in [2.75, 3.05) is 7.11 Å². The van der Waals surface area contributed by atoms with Gasteiger partial charge >= 0.3 is 0 Å². The molecule has 7 aliphatic carbocycles. The minimum Gasteiger partial charge on any atom is -0.393 e. The van der Waals surface area contributed by atoms with Crippen LogP contribution in [0.4, 0.5) is 0 Å². The maximum Gasteiger partial charge on any atom is 0.0650 e. The minimum absolute atomic E-state index is 0.0359. The highest BCUT2D eigenvalue weighted by Crippen LogP contribution is 2.31. The molecule has 0 saturated heterocycles. The molecule has 46 heavy (non-hydrogen) atoms. The normalized spacial score (nSPS) is 25.4. The first-order valence-electron chi connectivity index (χ1n) is 19.6. The Morgan fingerprint density at radius 2 is 1.22 bits per heavy atom. The molecule has 3 saturated carbocycles. The molecular weight excluding hydrogens is 564 g/mol. The van der Waals surface area contributed by atoms with Gasteiger partial charge in [0.15, 0.2) is 0 Å². The van der Waals surface area contributed by atoms with E-state index < -0.39 is 0 Å². The van der Waals surface area contributed by atoms with Crippen LogP contribution in [-0.2, 0) is 4.74 Å². The van der Waals surface area contributed by atoms with Crippen LogP contribution in [0.3, 0.4) is 0 Å². The van der Waals surface area contributed by atoms with Gasteiger partial charge in [-0.2, -0.15) is 0 Å². The fraction of sp³-hybridized carbons (Fsp3) is 0.814. The largest absolute Gasteiger partial charge is 0.393 e. The summed E-state index contributed by atoms with van der Waals surface area (Å²) >= 11 is 0. The zero-order valence-electron chi connectivity index (χ0n) is 31.5. The molecule has 0 radical (unpaired) electrons. The summed E-state index contributed by atoms with van der Waals surface area (Å²) in [6.45, 7) is 10.8. The Labute approximate surface area is 287 Å². The van der Waals surface area contributed by atoms with E-state index in [1.807, 2.05) is 14.0 Å². The molecule has 268 valence electrons. The summed E-state index contributed by atoms with van der Waals surface area (Å²) in [6, 6.07) is 0. The van der Waals surface area contributed by atoms with E-state index in [4.69, 9.17) is 9.84 Å². The van der Waals surface area contributed by atoms with Crippen LogP contribution in [0, 0.1) is 11.8 Å². The Bertz CT molecular complexity index is 799. The van der Waals surface area contributed by atoms with Crippen molar-refractivity contribution in [3.8, 4) is 0 Å². The molecule has 0 aliphatic heterocycles. The summed E-state index contributed by atoms with van der Waals surface area (Å²) in [5.41, 5.74) is 1.51. The second kappa shape index (κ2) is 26.8. The molecule has 0 heterocycles. The van der Waals surface area contributed by atoms with Gasteiger partial charge in [0.2, 0.25) is 0 Å². The Balaban J connectivity index is 0.000000269. The fourth-order valence-electron chi connectivity index (χ4n) is 6.67. The lowest BCUT2D eigenvalue weighted by Gasteiger charge is -2.20. The number of aliphatic hydroxyl groups excluding tert-OH is 1. The molecule has 0 amide bonds. The lowest BCUT2D eigenvalue weighted by atomic mass is 9.98. The van der Waals surface area contributed by atoms with Gasteiger partial charge in [-0.1, -0.05) is 107 Å². The van der Waals surface area contributed by atoms with Gasteiger partial charge in [0, 0.05) is 7.11 Å². The van der Waals surface area contributed by atoms with Gasteiger partial charge < -0.3 is 14.9 Å². The molecule has 7 rings (SSSR count). The first kappa shape index (κ1) is 42.9. The highest BCUT2D eigenvalue weighted by atomic mass is 16.5. The summed E-state index contributed by atoms with van der Waals surface area (Å²) in [5.74, 6) is 1.80. The van der Waals surface area contributed by atoms with Gasteiger partial charge in [-0.15, -0.1) is 0 Å².